The predicted octanol–water partition coefficient (Wildman–Crippen LogP) is 0.807. The quantitative estimate of drug-likeness (QED) is 0.737. The van der Waals surface area contributed by atoms with Crippen molar-refractivity contribution in [2.75, 3.05) is 20.7 Å². The normalized spacial score (nSPS) is 9.81. The molecule has 6 heteroatoms. The molecule has 0 aromatic carbocycles. The molecule has 0 aliphatic rings. The zero-order valence-corrected chi connectivity index (χ0v) is 9.27. The molecule has 1 aromatic heterocycles. The summed E-state index contributed by atoms with van der Waals surface area (Å²) < 4.78 is 9.74. The molecule has 0 aliphatic heterocycles. The molecular formula is C10H13N3O3. The lowest BCUT2D eigenvalue weighted by atomic mass is 10.3. The Bertz CT molecular complexity index is 394. The van der Waals surface area contributed by atoms with Crippen molar-refractivity contribution in [1.82, 2.24) is 10.1 Å². The van der Waals surface area contributed by atoms with Gasteiger partial charge in [0.05, 0.1) is 12.5 Å². The second-order valence-electron chi connectivity index (χ2n) is 3.25. The Labute approximate surface area is 93.4 Å². The van der Waals surface area contributed by atoms with Gasteiger partial charge in [-0.2, -0.15) is 5.26 Å². The van der Waals surface area contributed by atoms with E-state index in [9.17, 15) is 4.79 Å². The molecule has 0 atom stereocenters. The number of rotatable bonds is 5. The third-order valence-electron chi connectivity index (χ3n) is 1.97. The standard InChI is InChI=1S/C10H13N3O3/c1-13(5-3-4-11)10(14)9-6-8(7-15-2)16-12-9/h6H,3,5,7H2,1-2H3. The van der Waals surface area contributed by atoms with Crippen molar-refractivity contribution in [3.63, 3.8) is 0 Å². The zero-order chi connectivity index (χ0) is 12.0. The average molecular weight is 223 g/mol. The van der Waals surface area contributed by atoms with Gasteiger partial charge in [0.2, 0.25) is 0 Å². The second-order valence-corrected chi connectivity index (χ2v) is 3.25. The summed E-state index contributed by atoms with van der Waals surface area (Å²) in [6, 6.07) is 3.51. The van der Waals surface area contributed by atoms with Crippen LogP contribution in [0.3, 0.4) is 0 Å². The van der Waals surface area contributed by atoms with Gasteiger partial charge in [-0.15, -0.1) is 0 Å². The number of carbonyl (C=O) groups is 1. The van der Waals surface area contributed by atoms with E-state index < -0.39 is 0 Å². The van der Waals surface area contributed by atoms with Crippen molar-refractivity contribution in [1.29, 1.82) is 5.26 Å². The van der Waals surface area contributed by atoms with Crippen LogP contribution in [0.15, 0.2) is 10.6 Å². The van der Waals surface area contributed by atoms with Gasteiger partial charge in [0.25, 0.3) is 5.91 Å². The Kier molecular flexibility index (Phi) is 4.48. The molecule has 6 nitrogen and oxygen atoms in total. The molecule has 0 fully saturated rings. The number of aromatic nitrogens is 1. The molecule has 1 rings (SSSR count). The van der Waals surface area contributed by atoms with E-state index in [1.165, 1.54) is 18.1 Å². The number of amides is 1. The van der Waals surface area contributed by atoms with Crippen molar-refractivity contribution < 1.29 is 14.1 Å². The summed E-state index contributed by atoms with van der Waals surface area (Å²) in [5.41, 5.74) is 0.229. The third kappa shape index (κ3) is 3.07. The van der Waals surface area contributed by atoms with Gasteiger partial charge in [0.1, 0.15) is 6.61 Å². The van der Waals surface area contributed by atoms with Gasteiger partial charge >= 0.3 is 0 Å². The van der Waals surface area contributed by atoms with Crippen molar-refractivity contribution in [2.45, 2.75) is 13.0 Å². The monoisotopic (exact) mass is 223 g/mol. The summed E-state index contributed by atoms with van der Waals surface area (Å²) in [7, 11) is 3.15. The number of ether oxygens (including phenoxy) is 1. The number of hydrogen-bond acceptors (Lipinski definition) is 5. The lowest BCUT2D eigenvalue weighted by Crippen LogP contribution is -2.27. The van der Waals surface area contributed by atoms with Crippen LogP contribution in [0.4, 0.5) is 0 Å². The van der Waals surface area contributed by atoms with E-state index in [0.29, 0.717) is 18.7 Å². The van der Waals surface area contributed by atoms with E-state index in [1.807, 2.05) is 6.07 Å². The summed E-state index contributed by atoms with van der Waals surface area (Å²) in [6.07, 6.45) is 0.297. The highest BCUT2D eigenvalue weighted by Gasteiger charge is 2.16. The fraction of sp³-hybridized carbons (Fsp3) is 0.500. The number of nitrogens with zero attached hydrogens (tertiary/aromatic N) is 3. The van der Waals surface area contributed by atoms with Crippen LogP contribution in [0.5, 0.6) is 0 Å². The Hall–Kier alpha value is -1.87. The topological polar surface area (TPSA) is 79.4 Å². The van der Waals surface area contributed by atoms with Crippen LogP contribution in [-0.4, -0.2) is 36.7 Å². The highest BCUT2D eigenvalue weighted by molar-refractivity contribution is 5.92. The molecule has 0 bridgehead atoms. The lowest BCUT2D eigenvalue weighted by molar-refractivity contribution is 0.0787. The van der Waals surface area contributed by atoms with E-state index in [-0.39, 0.29) is 18.2 Å². The van der Waals surface area contributed by atoms with E-state index in [2.05, 4.69) is 5.16 Å². The molecule has 0 radical (unpaired) electrons. The molecule has 0 unspecified atom stereocenters. The van der Waals surface area contributed by atoms with Gasteiger partial charge in [0.15, 0.2) is 11.5 Å². The summed E-state index contributed by atoms with van der Waals surface area (Å²) >= 11 is 0. The average Bonchev–Trinajstić information content (AvgIpc) is 2.74. The van der Waals surface area contributed by atoms with Crippen LogP contribution in [0.2, 0.25) is 0 Å². The minimum Gasteiger partial charge on any atom is -0.377 e. The smallest absolute Gasteiger partial charge is 0.275 e. The van der Waals surface area contributed by atoms with Gasteiger partial charge in [-0.1, -0.05) is 5.16 Å². The molecule has 1 heterocycles. The largest absolute Gasteiger partial charge is 0.377 e. The highest BCUT2D eigenvalue weighted by Crippen LogP contribution is 2.07. The summed E-state index contributed by atoms with van der Waals surface area (Å²) in [5.74, 6) is 0.237. The Morgan fingerprint density at radius 1 is 1.75 bits per heavy atom. The summed E-state index contributed by atoms with van der Waals surface area (Å²) in [4.78, 5) is 13.1. The number of methoxy groups -OCH3 is 1. The number of nitriles is 1. The van der Waals surface area contributed by atoms with Crippen molar-refractivity contribution in [3.05, 3.63) is 17.5 Å². The van der Waals surface area contributed by atoms with Crippen molar-refractivity contribution in [2.24, 2.45) is 0 Å². The molecule has 0 N–H and O–H groups in total. The molecule has 1 aromatic rings. The van der Waals surface area contributed by atoms with E-state index in [1.54, 1.807) is 7.05 Å². The molecule has 16 heavy (non-hydrogen) atoms. The first kappa shape index (κ1) is 12.2. The van der Waals surface area contributed by atoms with E-state index >= 15 is 0 Å². The zero-order valence-electron chi connectivity index (χ0n) is 9.27. The fourth-order valence-electron chi connectivity index (χ4n) is 1.14. The first-order valence-corrected chi connectivity index (χ1v) is 4.76. The molecular weight excluding hydrogens is 210 g/mol. The van der Waals surface area contributed by atoms with Crippen LogP contribution in [0, 0.1) is 11.3 Å². The van der Waals surface area contributed by atoms with Gasteiger partial charge in [-0.3, -0.25) is 4.79 Å². The van der Waals surface area contributed by atoms with Crippen LogP contribution in [0.25, 0.3) is 0 Å². The second kappa shape index (κ2) is 5.88. The Morgan fingerprint density at radius 3 is 3.12 bits per heavy atom. The lowest BCUT2D eigenvalue weighted by Gasteiger charge is -2.12. The first-order valence-electron chi connectivity index (χ1n) is 4.76. The van der Waals surface area contributed by atoms with Gasteiger partial charge < -0.3 is 14.2 Å². The van der Waals surface area contributed by atoms with Gasteiger partial charge in [0, 0.05) is 26.8 Å². The van der Waals surface area contributed by atoms with Gasteiger partial charge in [-0.25, -0.2) is 0 Å². The van der Waals surface area contributed by atoms with Crippen LogP contribution in [-0.2, 0) is 11.3 Å². The molecule has 1 amide bonds. The maximum atomic E-state index is 11.7. The van der Waals surface area contributed by atoms with Crippen LogP contribution >= 0.6 is 0 Å². The number of hydrogen-bond donors (Lipinski definition) is 0. The highest BCUT2D eigenvalue weighted by atomic mass is 16.5. The maximum Gasteiger partial charge on any atom is 0.275 e. The SMILES string of the molecule is COCc1cc(C(=O)N(C)CCC#N)no1. The minimum absolute atomic E-state index is 0.229. The molecule has 86 valence electrons. The Balaban J connectivity index is 2.61. The summed E-state index contributed by atoms with van der Waals surface area (Å²) in [6.45, 7) is 0.657. The van der Waals surface area contributed by atoms with Crippen LogP contribution < -0.4 is 0 Å². The van der Waals surface area contributed by atoms with Crippen molar-refractivity contribution in [3.8, 4) is 6.07 Å². The molecule has 0 aliphatic carbocycles. The molecule has 0 saturated carbocycles. The minimum atomic E-state index is -0.263. The fourth-order valence-corrected chi connectivity index (χ4v) is 1.14. The van der Waals surface area contributed by atoms with Crippen molar-refractivity contribution >= 4 is 5.91 Å². The molecule has 0 spiro atoms. The maximum absolute atomic E-state index is 11.7. The number of carbonyl (C=O) groups excluding carboxylic acids is 1. The first-order chi connectivity index (χ1) is 7.69. The van der Waals surface area contributed by atoms with Gasteiger partial charge in [-0.05, 0) is 0 Å². The summed E-state index contributed by atoms with van der Waals surface area (Å²) in [5, 5.41) is 12.0. The predicted molar refractivity (Wildman–Crippen MR) is 54.4 cm³/mol. The molecule has 0 saturated heterocycles. The van der Waals surface area contributed by atoms with E-state index in [4.69, 9.17) is 14.5 Å². The van der Waals surface area contributed by atoms with Crippen LogP contribution in [0.1, 0.15) is 22.7 Å². The Morgan fingerprint density at radius 2 is 2.50 bits per heavy atom. The third-order valence-corrected chi connectivity index (χ3v) is 1.97. The van der Waals surface area contributed by atoms with E-state index in [0.717, 1.165) is 0 Å².